The summed E-state index contributed by atoms with van der Waals surface area (Å²) in [6.45, 7) is 0. The highest BCUT2D eigenvalue weighted by molar-refractivity contribution is 6.44. The lowest BCUT2D eigenvalue weighted by atomic mass is 10.2. The van der Waals surface area contributed by atoms with Crippen LogP contribution in [0, 0.1) is 0 Å². The molecule has 0 fully saturated rings. The number of benzene rings is 2. The van der Waals surface area contributed by atoms with Gasteiger partial charge < -0.3 is 10.3 Å². The second-order valence-corrected chi connectivity index (χ2v) is 6.26. The highest BCUT2D eigenvalue weighted by atomic mass is 35.5. The second-order valence-electron chi connectivity index (χ2n) is 5.04. The number of aromatic nitrogens is 2. The van der Waals surface area contributed by atoms with Crippen molar-refractivity contribution in [1.82, 2.24) is 9.97 Å². The predicted molar refractivity (Wildman–Crippen MR) is 99.7 cm³/mol. The Morgan fingerprint density at radius 2 is 1.76 bits per heavy atom. The van der Waals surface area contributed by atoms with Gasteiger partial charge in [-0.05, 0) is 36.4 Å². The topological polar surface area (TPSA) is 74.8 Å². The van der Waals surface area contributed by atoms with Gasteiger partial charge in [-0.15, -0.1) is 0 Å². The number of carbonyl (C=O) groups is 1. The van der Waals surface area contributed by atoms with Crippen LogP contribution < -0.4 is 10.9 Å². The van der Waals surface area contributed by atoms with E-state index in [1.165, 1.54) is 6.20 Å². The zero-order valence-corrected chi connectivity index (χ0v) is 14.8. The summed E-state index contributed by atoms with van der Waals surface area (Å²) in [4.78, 5) is 31.2. The van der Waals surface area contributed by atoms with Crippen LogP contribution in [0.25, 0.3) is 11.4 Å². The zero-order chi connectivity index (χ0) is 18.0. The number of hydrogen-bond acceptors (Lipinski definition) is 3. The molecule has 0 saturated carbocycles. The van der Waals surface area contributed by atoms with Crippen molar-refractivity contribution >= 4 is 46.4 Å². The maximum Gasteiger partial charge on any atom is 0.264 e. The van der Waals surface area contributed by atoms with Crippen LogP contribution in [0.1, 0.15) is 10.4 Å². The van der Waals surface area contributed by atoms with E-state index < -0.39 is 11.5 Å². The molecule has 0 radical (unpaired) electrons. The van der Waals surface area contributed by atoms with Crippen LogP contribution in [0.15, 0.2) is 53.5 Å². The monoisotopic (exact) mass is 393 g/mol. The summed E-state index contributed by atoms with van der Waals surface area (Å²) in [5.74, 6) is -0.306. The molecule has 0 aliphatic heterocycles. The molecule has 1 aromatic heterocycles. The minimum absolute atomic E-state index is 0.145. The van der Waals surface area contributed by atoms with Crippen molar-refractivity contribution in [3.8, 4) is 11.4 Å². The summed E-state index contributed by atoms with van der Waals surface area (Å²) >= 11 is 17.8. The van der Waals surface area contributed by atoms with Gasteiger partial charge in [0.25, 0.3) is 11.5 Å². The van der Waals surface area contributed by atoms with E-state index >= 15 is 0 Å². The number of anilines is 1. The van der Waals surface area contributed by atoms with E-state index in [-0.39, 0.29) is 10.6 Å². The predicted octanol–water partition coefficient (Wildman–Crippen LogP) is 4.65. The van der Waals surface area contributed by atoms with Gasteiger partial charge in [0.2, 0.25) is 0 Å². The second kappa shape index (κ2) is 7.27. The first kappa shape index (κ1) is 17.5. The average Bonchev–Trinajstić information content (AvgIpc) is 2.59. The molecule has 1 amide bonds. The molecule has 1 heterocycles. The van der Waals surface area contributed by atoms with E-state index in [0.29, 0.717) is 27.1 Å². The number of hydrogen-bond donors (Lipinski definition) is 2. The van der Waals surface area contributed by atoms with E-state index in [1.54, 1.807) is 42.5 Å². The SMILES string of the molecule is O=C(Nc1cccc(Cl)c1Cl)c1cnc(-c2ccc(Cl)cc2)[nH]c1=O. The molecular weight excluding hydrogens is 385 g/mol. The molecule has 0 aliphatic carbocycles. The van der Waals surface area contributed by atoms with Crippen molar-refractivity contribution < 1.29 is 4.79 Å². The molecule has 2 aromatic carbocycles. The fourth-order valence-corrected chi connectivity index (χ4v) is 2.57. The summed E-state index contributed by atoms with van der Waals surface area (Å²) in [6.07, 6.45) is 1.20. The van der Waals surface area contributed by atoms with Crippen molar-refractivity contribution in [2.75, 3.05) is 5.32 Å². The number of halogens is 3. The first-order valence-electron chi connectivity index (χ1n) is 7.06. The van der Waals surface area contributed by atoms with Crippen LogP contribution in [-0.4, -0.2) is 15.9 Å². The highest BCUT2D eigenvalue weighted by Gasteiger charge is 2.15. The Kier molecular flexibility index (Phi) is 5.08. The van der Waals surface area contributed by atoms with Gasteiger partial charge in [0.05, 0.1) is 15.7 Å². The highest BCUT2D eigenvalue weighted by Crippen LogP contribution is 2.29. The van der Waals surface area contributed by atoms with E-state index in [0.717, 1.165) is 0 Å². The number of nitrogens with one attached hydrogen (secondary N) is 2. The lowest BCUT2D eigenvalue weighted by Gasteiger charge is -2.08. The normalized spacial score (nSPS) is 10.5. The van der Waals surface area contributed by atoms with Crippen LogP contribution in [-0.2, 0) is 0 Å². The fraction of sp³-hybridized carbons (Fsp3) is 0. The van der Waals surface area contributed by atoms with E-state index in [9.17, 15) is 9.59 Å². The third-order valence-electron chi connectivity index (χ3n) is 3.36. The van der Waals surface area contributed by atoms with Gasteiger partial charge in [0, 0.05) is 16.8 Å². The van der Waals surface area contributed by atoms with Gasteiger partial charge in [-0.2, -0.15) is 0 Å². The molecule has 25 heavy (non-hydrogen) atoms. The van der Waals surface area contributed by atoms with Gasteiger partial charge in [-0.3, -0.25) is 9.59 Å². The largest absolute Gasteiger partial charge is 0.320 e. The zero-order valence-electron chi connectivity index (χ0n) is 12.5. The average molecular weight is 395 g/mol. The molecule has 0 spiro atoms. The molecule has 3 rings (SSSR count). The Balaban J connectivity index is 1.88. The van der Waals surface area contributed by atoms with Crippen molar-refractivity contribution in [2.24, 2.45) is 0 Å². The first-order chi connectivity index (χ1) is 12.0. The number of carbonyl (C=O) groups excluding carboxylic acids is 1. The molecule has 0 unspecified atom stereocenters. The quantitative estimate of drug-likeness (QED) is 0.679. The van der Waals surface area contributed by atoms with E-state index in [4.69, 9.17) is 34.8 Å². The summed E-state index contributed by atoms with van der Waals surface area (Å²) in [7, 11) is 0. The van der Waals surface area contributed by atoms with Crippen molar-refractivity contribution in [3.05, 3.63) is 79.6 Å². The lowest BCUT2D eigenvalue weighted by Crippen LogP contribution is -2.24. The third kappa shape index (κ3) is 3.85. The summed E-state index contributed by atoms with van der Waals surface area (Å²) in [5.41, 5.74) is 0.260. The third-order valence-corrected chi connectivity index (χ3v) is 4.43. The summed E-state index contributed by atoms with van der Waals surface area (Å²) < 4.78 is 0. The molecule has 5 nitrogen and oxygen atoms in total. The number of rotatable bonds is 3. The van der Waals surface area contributed by atoms with Crippen LogP contribution in [0.3, 0.4) is 0 Å². The Labute approximate surface area is 157 Å². The molecule has 126 valence electrons. The maximum atomic E-state index is 12.3. The minimum atomic E-state index is -0.638. The number of aromatic amines is 1. The van der Waals surface area contributed by atoms with Gasteiger partial charge in [-0.1, -0.05) is 40.9 Å². The van der Waals surface area contributed by atoms with Gasteiger partial charge in [0.15, 0.2) is 0 Å². The van der Waals surface area contributed by atoms with Gasteiger partial charge >= 0.3 is 0 Å². The van der Waals surface area contributed by atoms with Crippen molar-refractivity contribution in [2.45, 2.75) is 0 Å². The Bertz CT molecular complexity index is 1000. The number of H-pyrrole nitrogens is 1. The fourth-order valence-electron chi connectivity index (χ4n) is 2.10. The number of amides is 1. The molecule has 2 N–H and O–H groups in total. The van der Waals surface area contributed by atoms with Crippen LogP contribution in [0.2, 0.25) is 15.1 Å². The van der Waals surface area contributed by atoms with Crippen LogP contribution in [0.4, 0.5) is 5.69 Å². The summed E-state index contributed by atoms with van der Waals surface area (Å²) in [5, 5.41) is 3.60. The minimum Gasteiger partial charge on any atom is -0.320 e. The van der Waals surface area contributed by atoms with Crippen molar-refractivity contribution in [1.29, 1.82) is 0 Å². The smallest absolute Gasteiger partial charge is 0.264 e. The molecule has 0 aliphatic rings. The van der Waals surface area contributed by atoms with Gasteiger partial charge in [-0.25, -0.2) is 4.98 Å². The van der Waals surface area contributed by atoms with Gasteiger partial charge in [0.1, 0.15) is 11.4 Å². The van der Waals surface area contributed by atoms with Crippen LogP contribution in [0.5, 0.6) is 0 Å². The van der Waals surface area contributed by atoms with E-state index in [2.05, 4.69) is 15.3 Å². The maximum absolute atomic E-state index is 12.3. The molecule has 8 heteroatoms. The molecule has 3 aromatic rings. The molecule has 0 atom stereocenters. The van der Waals surface area contributed by atoms with Crippen molar-refractivity contribution in [3.63, 3.8) is 0 Å². The Morgan fingerprint density at radius 3 is 2.44 bits per heavy atom. The summed E-state index contributed by atoms with van der Waals surface area (Å²) in [6, 6.07) is 11.6. The lowest BCUT2D eigenvalue weighted by molar-refractivity contribution is 0.102. The first-order valence-corrected chi connectivity index (χ1v) is 8.19. The molecule has 0 bridgehead atoms. The Hall–Kier alpha value is -2.34. The number of nitrogens with zero attached hydrogens (tertiary/aromatic N) is 1. The standard InChI is InChI=1S/C17H10Cl3N3O2/c18-10-6-4-9(5-7-10)15-21-8-11(17(25)23-15)16(24)22-13-3-1-2-12(19)14(13)20/h1-8H,(H,22,24)(H,21,23,25). The van der Waals surface area contributed by atoms with E-state index in [1.807, 2.05) is 0 Å². The van der Waals surface area contributed by atoms with Crippen LogP contribution >= 0.6 is 34.8 Å². The Morgan fingerprint density at radius 1 is 1.04 bits per heavy atom. The molecule has 0 saturated heterocycles. The molecular formula is C17H10Cl3N3O2.